The average Bonchev–Trinajstić information content (AvgIpc) is 2.81. The Labute approximate surface area is 213 Å². The van der Waals surface area contributed by atoms with Gasteiger partial charge in [-0.25, -0.2) is 19.5 Å². The second-order valence-electron chi connectivity index (χ2n) is 9.87. The molecule has 0 spiro atoms. The van der Waals surface area contributed by atoms with Gasteiger partial charge in [-0.05, 0) is 51.5 Å². The van der Waals surface area contributed by atoms with E-state index < -0.39 is 21.9 Å². The van der Waals surface area contributed by atoms with Gasteiger partial charge in [0.05, 0.1) is 19.7 Å². The summed E-state index contributed by atoms with van der Waals surface area (Å²) in [5, 5.41) is 0.890. The van der Waals surface area contributed by atoms with E-state index in [0.717, 1.165) is 49.1 Å². The number of methoxy groups -OCH3 is 2. The maximum Gasteiger partial charge on any atom is 0.422 e. The van der Waals surface area contributed by atoms with Crippen molar-refractivity contribution in [1.29, 1.82) is 0 Å². The number of anilines is 1. The predicted molar refractivity (Wildman–Crippen MR) is 138 cm³/mol. The van der Waals surface area contributed by atoms with E-state index in [9.17, 15) is 13.2 Å². The number of hydrogen-bond donors (Lipinski definition) is 2. The predicted octanol–water partition coefficient (Wildman–Crippen LogP) is 3.25. The first kappa shape index (κ1) is 27.7. The second-order valence-corrected chi connectivity index (χ2v) is 11.4. The molecule has 1 aliphatic heterocycles. The normalized spacial score (nSPS) is 16.0. The van der Waals surface area contributed by atoms with Gasteiger partial charge in [-0.15, -0.1) is 0 Å². The maximum absolute atomic E-state index is 12.3. The SMILES string of the molecule is CCC(CNS(=O)(=O)NC(=O)OC(C)(C)C)C1CCN(c2ncnc3cc(OC)c(OC)cc23)CC1. The van der Waals surface area contributed by atoms with Gasteiger partial charge in [-0.1, -0.05) is 13.3 Å². The van der Waals surface area contributed by atoms with Crippen LogP contribution < -0.4 is 23.8 Å². The van der Waals surface area contributed by atoms with Crippen molar-refractivity contribution in [2.24, 2.45) is 11.8 Å². The minimum Gasteiger partial charge on any atom is -0.493 e. The Kier molecular flexibility index (Phi) is 8.83. The van der Waals surface area contributed by atoms with Gasteiger partial charge < -0.3 is 19.1 Å². The number of piperidine rings is 1. The van der Waals surface area contributed by atoms with Crippen LogP contribution in [0.5, 0.6) is 11.5 Å². The molecule has 1 fully saturated rings. The highest BCUT2D eigenvalue weighted by molar-refractivity contribution is 7.88. The zero-order valence-corrected chi connectivity index (χ0v) is 22.6. The molecule has 2 N–H and O–H groups in total. The lowest BCUT2D eigenvalue weighted by Crippen LogP contribution is -2.45. The third-order valence-electron chi connectivity index (χ3n) is 6.30. The third kappa shape index (κ3) is 7.10. The highest BCUT2D eigenvalue weighted by Gasteiger charge is 2.29. The molecule has 1 unspecified atom stereocenters. The number of hydrogen-bond acceptors (Lipinski definition) is 9. The molecule has 0 radical (unpaired) electrons. The Bertz CT molecular complexity index is 1160. The highest BCUT2D eigenvalue weighted by atomic mass is 32.2. The smallest absolute Gasteiger partial charge is 0.422 e. The lowest BCUT2D eigenvalue weighted by molar-refractivity contribution is 0.0569. The van der Waals surface area contributed by atoms with Crippen LogP contribution in [0.2, 0.25) is 0 Å². The number of amides is 1. The van der Waals surface area contributed by atoms with Gasteiger partial charge in [-0.2, -0.15) is 13.1 Å². The standard InChI is InChI=1S/C24H37N5O6S/c1-7-16(14-27-36(31,32)28-23(30)35-24(2,3)4)17-8-10-29(11-9-17)22-18-12-20(33-5)21(34-6)13-19(18)25-15-26-22/h12-13,15-17,27H,7-11,14H2,1-6H3,(H,28,30). The monoisotopic (exact) mass is 523 g/mol. The Balaban J connectivity index is 1.62. The van der Waals surface area contributed by atoms with Crippen LogP contribution in [0.1, 0.15) is 47.0 Å². The van der Waals surface area contributed by atoms with E-state index in [1.54, 1.807) is 41.3 Å². The van der Waals surface area contributed by atoms with Crippen molar-refractivity contribution in [1.82, 2.24) is 19.4 Å². The molecule has 0 saturated carbocycles. The minimum absolute atomic E-state index is 0.133. The molecule has 2 heterocycles. The molecule has 1 aromatic heterocycles. The molecule has 0 aliphatic carbocycles. The van der Waals surface area contributed by atoms with Gasteiger partial charge in [0.25, 0.3) is 0 Å². The van der Waals surface area contributed by atoms with Crippen molar-refractivity contribution < 1.29 is 27.4 Å². The van der Waals surface area contributed by atoms with E-state index in [1.807, 2.05) is 23.8 Å². The van der Waals surface area contributed by atoms with Crippen molar-refractivity contribution in [3.05, 3.63) is 18.5 Å². The number of carbonyl (C=O) groups is 1. The number of benzene rings is 1. The Morgan fingerprint density at radius 2 is 1.78 bits per heavy atom. The van der Waals surface area contributed by atoms with Crippen LogP contribution >= 0.6 is 0 Å². The van der Waals surface area contributed by atoms with Gasteiger partial charge in [0.1, 0.15) is 17.7 Å². The van der Waals surface area contributed by atoms with E-state index in [1.165, 1.54) is 0 Å². The van der Waals surface area contributed by atoms with Crippen LogP contribution in [0.15, 0.2) is 18.5 Å². The van der Waals surface area contributed by atoms with Gasteiger partial charge in [-0.3, -0.25) is 0 Å². The fourth-order valence-corrected chi connectivity index (χ4v) is 5.28. The topological polar surface area (TPSA) is 132 Å². The van der Waals surface area contributed by atoms with Gasteiger partial charge in [0.2, 0.25) is 0 Å². The molecule has 11 nitrogen and oxygen atoms in total. The van der Waals surface area contributed by atoms with Crippen molar-refractivity contribution in [3.63, 3.8) is 0 Å². The fraction of sp³-hybridized carbons (Fsp3) is 0.625. The van der Waals surface area contributed by atoms with E-state index >= 15 is 0 Å². The number of nitrogens with one attached hydrogen (secondary N) is 2. The summed E-state index contributed by atoms with van der Waals surface area (Å²) in [5.41, 5.74) is -0.00996. The molecule has 36 heavy (non-hydrogen) atoms. The molecule has 200 valence electrons. The van der Waals surface area contributed by atoms with Crippen LogP contribution in [-0.4, -0.2) is 63.9 Å². The first-order valence-corrected chi connectivity index (χ1v) is 13.6. The van der Waals surface area contributed by atoms with E-state index in [4.69, 9.17) is 14.2 Å². The molecular weight excluding hydrogens is 486 g/mol. The molecule has 1 atom stereocenters. The van der Waals surface area contributed by atoms with Crippen LogP contribution in [0.3, 0.4) is 0 Å². The number of ether oxygens (including phenoxy) is 3. The minimum atomic E-state index is -4.01. The summed E-state index contributed by atoms with van der Waals surface area (Å²) in [6.45, 7) is 8.86. The first-order valence-electron chi connectivity index (χ1n) is 12.1. The van der Waals surface area contributed by atoms with E-state index in [-0.39, 0.29) is 12.5 Å². The zero-order valence-electron chi connectivity index (χ0n) is 21.8. The summed E-state index contributed by atoms with van der Waals surface area (Å²) >= 11 is 0. The molecule has 1 aromatic carbocycles. The van der Waals surface area contributed by atoms with Crippen molar-refractivity contribution >= 4 is 33.0 Å². The number of nitrogens with zero attached hydrogens (tertiary/aromatic N) is 3. The summed E-state index contributed by atoms with van der Waals surface area (Å²) in [6, 6.07) is 3.74. The second kappa shape index (κ2) is 11.5. The van der Waals surface area contributed by atoms with Crippen LogP contribution in [0.25, 0.3) is 10.9 Å². The van der Waals surface area contributed by atoms with Crippen LogP contribution in [0, 0.1) is 11.8 Å². The molecule has 12 heteroatoms. The van der Waals surface area contributed by atoms with Crippen molar-refractivity contribution in [3.8, 4) is 11.5 Å². The molecule has 0 bridgehead atoms. The van der Waals surface area contributed by atoms with E-state index in [0.29, 0.717) is 17.4 Å². The first-order chi connectivity index (χ1) is 17.0. The number of fused-ring (bicyclic) bond motifs is 1. The molecular formula is C24H37N5O6S. The number of rotatable bonds is 9. The summed E-state index contributed by atoms with van der Waals surface area (Å²) in [5.74, 6) is 2.54. The number of carbonyl (C=O) groups excluding carboxylic acids is 1. The molecule has 1 aliphatic rings. The van der Waals surface area contributed by atoms with Gasteiger partial charge >= 0.3 is 16.3 Å². The lowest BCUT2D eigenvalue weighted by Gasteiger charge is -2.36. The Morgan fingerprint density at radius 3 is 2.36 bits per heavy atom. The summed E-state index contributed by atoms with van der Waals surface area (Å²) in [7, 11) is -0.822. The zero-order chi connectivity index (χ0) is 26.5. The fourth-order valence-electron chi connectivity index (χ4n) is 4.51. The quantitative estimate of drug-likeness (QED) is 0.508. The van der Waals surface area contributed by atoms with Gasteiger partial charge in [0, 0.05) is 31.1 Å². The molecule has 1 amide bonds. The Morgan fingerprint density at radius 1 is 1.14 bits per heavy atom. The Hall–Kier alpha value is -2.86. The lowest BCUT2D eigenvalue weighted by atomic mass is 9.83. The molecule has 2 aromatic rings. The molecule has 3 rings (SSSR count). The maximum atomic E-state index is 12.3. The van der Waals surface area contributed by atoms with Crippen molar-refractivity contribution in [2.75, 3.05) is 38.8 Å². The summed E-state index contributed by atoms with van der Waals surface area (Å²) in [6.07, 6.45) is 3.14. The molecule has 1 saturated heterocycles. The van der Waals surface area contributed by atoms with Crippen LogP contribution in [-0.2, 0) is 14.9 Å². The largest absolute Gasteiger partial charge is 0.493 e. The van der Waals surface area contributed by atoms with Gasteiger partial charge in [0.15, 0.2) is 11.5 Å². The summed E-state index contributed by atoms with van der Waals surface area (Å²) < 4.78 is 45.0. The summed E-state index contributed by atoms with van der Waals surface area (Å²) in [4.78, 5) is 23.0. The number of aromatic nitrogens is 2. The average molecular weight is 524 g/mol. The highest BCUT2D eigenvalue weighted by Crippen LogP contribution is 2.36. The van der Waals surface area contributed by atoms with Crippen molar-refractivity contribution in [2.45, 2.75) is 52.6 Å². The van der Waals surface area contributed by atoms with Crippen LogP contribution in [0.4, 0.5) is 10.6 Å². The third-order valence-corrected chi connectivity index (χ3v) is 7.28. The van der Waals surface area contributed by atoms with E-state index in [2.05, 4.69) is 19.6 Å².